The third-order valence-electron chi connectivity index (χ3n) is 2.61. The molecule has 1 rings (SSSR count). The zero-order chi connectivity index (χ0) is 11.3. The summed E-state index contributed by atoms with van der Waals surface area (Å²) < 4.78 is 0. The zero-order valence-electron chi connectivity index (χ0n) is 10.2. The standard InChI is InChI=1S/C13H22N2/c1-11-5-7-13(8-6-11)15(4)10-12(2)9-14-3/h5-8,12,14H,9-10H2,1-4H3. The predicted molar refractivity (Wildman–Crippen MR) is 67.5 cm³/mol. The van der Waals surface area contributed by atoms with Gasteiger partial charge in [-0.05, 0) is 38.6 Å². The third-order valence-corrected chi connectivity index (χ3v) is 2.61. The zero-order valence-corrected chi connectivity index (χ0v) is 10.2. The van der Waals surface area contributed by atoms with Crippen LogP contribution < -0.4 is 10.2 Å². The number of nitrogens with one attached hydrogen (secondary N) is 1. The second kappa shape index (κ2) is 5.76. The Morgan fingerprint density at radius 1 is 1.27 bits per heavy atom. The van der Waals surface area contributed by atoms with Gasteiger partial charge in [0.25, 0.3) is 0 Å². The molecule has 2 heteroatoms. The summed E-state index contributed by atoms with van der Waals surface area (Å²) in [6.07, 6.45) is 0. The van der Waals surface area contributed by atoms with E-state index in [1.807, 2.05) is 7.05 Å². The first kappa shape index (κ1) is 12.1. The van der Waals surface area contributed by atoms with Crippen LogP contribution >= 0.6 is 0 Å². The maximum Gasteiger partial charge on any atom is 0.0363 e. The summed E-state index contributed by atoms with van der Waals surface area (Å²) in [6.45, 7) is 6.54. The van der Waals surface area contributed by atoms with E-state index in [1.165, 1.54) is 11.3 Å². The Kier molecular flexibility index (Phi) is 4.63. The van der Waals surface area contributed by atoms with Gasteiger partial charge in [-0.25, -0.2) is 0 Å². The number of hydrogen-bond donors (Lipinski definition) is 1. The van der Waals surface area contributed by atoms with Crippen molar-refractivity contribution < 1.29 is 0 Å². The lowest BCUT2D eigenvalue weighted by molar-refractivity contribution is 0.542. The van der Waals surface area contributed by atoms with Crippen LogP contribution in [0.25, 0.3) is 0 Å². The normalized spacial score (nSPS) is 12.5. The van der Waals surface area contributed by atoms with E-state index in [4.69, 9.17) is 0 Å². The summed E-state index contributed by atoms with van der Waals surface area (Å²) >= 11 is 0. The summed E-state index contributed by atoms with van der Waals surface area (Å²) in [5, 5.41) is 3.21. The van der Waals surface area contributed by atoms with E-state index < -0.39 is 0 Å². The second-order valence-corrected chi connectivity index (χ2v) is 4.38. The van der Waals surface area contributed by atoms with E-state index in [0.717, 1.165) is 13.1 Å². The van der Waals surface area contributed by atoms with Crippen molar-refractivity contribution in [3.8, 4) is 0 Å². The molecule has 0 aliphatic rings. The molecule has 1 atom stereocenters. The molecule has 1 aromatic rings. The van der Waals surface area contributed by atoms with Gasteiger partial charge in [-0.2, -0.15) is 0 Å². The molecular formula is C13H22N2. The maximum atomic E-state index is 3.21. The van der Waals surface area contributed by atoms with Crippen molar-refractivity contribution in [2.75, 3.05) is 32.1 Å². The highest BCUT2D eigenvalue weighted by Crippen LogP contribution is 2.14. The quantitative estimate of drug-likeness (QED) is 0.795. The first-order valence-electron chi connectivity index (χ1n) is 5.56. The lowest BCUT2D eigenvalue weighted by Crippen LogP contribution is -2.29. The number of rotatable bonds is 5. The number of aryl methyl sites for hydroxylation is 1. The van der Waals surface area contributed by atoms with E-state index >= 15 is 0 Å². The lowest BCUT2D eigenvalue weighted by Gasteiger charge is -2.23. The first-order valence-corrected chi connectivity index (χ1v) is 5.56. The summed E-state index contributed by atoms with van der Waals surface area (Å²) in [5.74, 6) is 0.668. The molecule has 0 saturated carbocycles. The van der Waals surface area contributed by atoms with Crippen LogP contribution in [-0.4, -0.2) is 27.2 Å². The Morgan fingerprint density at radius 2 is 1.87 bits per heavy atom. The fourth-order valence-electron chi connectivity index (χ4n) is 1.79. The van der Waals surface area contributed by atoms with Crippen LogP contribution in [0.15, 0.2) is 24.3 Å². The van der Waals surface area contributed by atoms with Crippen LogP contribution in [0.2, 0.25) is 0 Å². The topological polar surface area (TPSA) is 15.3 Å². The fraction of sp³-hybridized carbons (Fsp3) is 0.538. The highest BCUT2D eigenvalue weighted by atomic mass is 15.1. The summed E-state index contributed by atoms with van der Waals surface area (Å²) in [5.41, 5.74) is 2.61. The lowest BCUT2D eigenvalue weighted by atomic mass is 10.1. The number of hydrogen-bond acceptors (Lipinski definition) is 2. The van der Waals surface area contributed by atoms with E-state index in [-0.39, 0.29) is 0 Å². The molecule has 0 radical (unpaired) electrons. The molecule has 0 spiro atoms. The van der Waals surface area contributed by atoms with Crippen LogP contribution in [-0.2, 0) is 0 Å². The van der Waals surface area contributed by atoms with Gasteiger partial charge in [-0.15, -0.1) is 0 Å². The first-order chi connectivity index (χ1) is 7.13. The van der Waals surface area contributed by atoms with Crippen molar-refractivity contribution in [2.24, 2.45) is 5.92 Å². The molecule has 0 fully saturated rings. The van der Waals surface area contributed by atoms with Gasteiger partial charge in [0.05, 0.1) is 0 Å². The van der Waals surface area contributed by atoms with Gasteiger partial charge in [-0.3, -0.25) is 0 Å². The highest BCUT2D eigenvalue weighted by Gasteiger charge is 2.05. The van der Waals surface area contributed by atoms with E-state index in [1.54, 1.807) is 0 Å². The van der Waals surface area contributed by atoms with Gasteiger partial charge < -0.3 is 10.2 Å². The van der Waals surface area contributed by atoms with Crippen molar-refractivity contribution in [3.05, 3.63) is 29.8 Å². The monoisotopic (exact) mass is 206 g/mol. The smallest absolute Gasteiger partial charge is 0.0363 e. The van der Waals surface area contributed by atoms with Crippen LogP contribution in [0.4, 0.5) is 5.69 Å². The molecule has 84 valence electrons. The summed E-state index contributed by atoms with van der Waals surface area (Å²) in [6, 6.07) is 8.69. The van der Waals surface area contributed by atoms with Crippen molar-refractivity contribution >= 4 is 5.69 Å². The number of benzene rings is 1. The molecule has 0 aromatic heterocycles. The Morgan fingerprint density at radius 3 is 2.40 bits per heavy atom. The van der Waals surface area contributed by atoms with Crippen LogP contribution in [0.3, 0.4) is 0 Å². The van der Waals surface area contributed by atoms with Crippen molar-refractivity contribution in [1.29, 1.82) is 0 Å². The Hall–Kier alpha value is -1.02. The van der Waals surface area contributed by atoms with Gasteiger partial charge in [-0.1, -0.05) is 24.6 Å². The maximum absolute atomic E-state index is 3.21. The van der Waals surface area contributed by atoms with Gasteiger partial charge in [0, 0.05) is 19.3 Å². The minimum Gasteiger partial charge on any atom is -0.374 e. The molecule has 0 aliphatic carbocycles. The SMILES string of the molecule is CNCC(C)CN(C)c1ccc(C)cc1. The minimum atomic E-state index is 0.668. The predicted octanol–water partition coefficient (Wildman–Crippen LogP) is 2.29. The molecule has 0 amide bonds. The molecule has 1 unspecified atom stereocenters. The summed E-state index contributed by atoms with van der Waals surface area (Å²) in [7, 11) is 4.15. The van der Waals surface area contributed by atoms with Crippen molar-refractivity contribution in [1.82, 2.24) is 5.32 Å². The largest absolute Gasteiger partial charge is 0.374 e. The van der Waals surface area contributed by atoms with Gasteiger partial charge in [0.1, 0.15) is 0 Å². The average molecular weight is 206 g/mol. The van der Waals surface area contributed by atoms with E-state index in [2.05, 4.69) is 55.4 Å². The molecule has 1 aromatic carbocycles. The summed E-state index contributed by atoms with van der Waals surface area (Å²) in [4.78, 5) is 2.31. The van der Waals surface area contributed by atoms with Crippen molar-refractivity contribution in [2.45, 2.75) is 13.8 Å². The Labute approximate surface area is 93.3 Å². The second-order valence-electron chi connectivity index (χ2n) is 4.38. The molecule has 0 bridgehead atoms. The van der Waals surface area contributed by atoms with E-state index in [0.29, 0.717) is 5.92 Å². The van der Waals surface area contributed by atoms with E-state index in [9.17, 15) is 0 Å². The highest BCUT2D eigenvalue weighted by molar-refractivity contribution is 5.46. The molecule has 0 heterocycles. The van der Waals surface area contributed by atoms with Crippen LogP contribution in [0.1, 0.15) is 12.5 Å². The minimum absolute atomic E-state index is 0.668. The van der Waals surface area contributed by atoms with Gasteiger partial charge in [0.2, 0.25) is 0 Å². The van der Waals surface area contributed by atoms with Crippen molar-refractivity contribution in [3.63, 3.8) is 0 Å². The molecule has 0 aliphatic heterocycles. The fourth-order valence-corrected chi connectivity index (χ4v) is 1.79. The molecule has 15 heavy (non-hydrogen) atoms. The molecule has 1 N–H and O–H groups in total. The number of nitrogens with zero attached hydrogens (tertiary/aromatic N) is 1. The van der Waals surface area contributed by atoms with Crippen LogP contribution in [0, 0.1) is 12.8 Å². The van der Waals surface area contributed by atoms with Crippen LogP contribution in [0.5, 0.6) is 0 Å². The molecular weight excluding hydrogens is 184 g/mol. The number of anilines is 1. The molecule has 0 saturated heterocycles. The van der Waals surface area contributed by atoms with Gasteiger partial charge >= 0.3 is 0 Å². The Bertz CT molecular complexity index is 279. The Balaban J connectivity index is 2.53. The third kappa shape index (κ3) is 3.92. The average Bonchev–Trinajstić information content (AvgIpc) is 2.18. The molecule has 2 nitrogen and oxygen atoms in total. The van der Waals surface area contributed by atoms with Gasteiger partial charge in [0.15, 0.2) is 0 Å².